The second-order valence-electron chi connectivity index (χ2n) is 4.85. The highest BCUT2D eigenvalue weighted by atomic mass is 16.5. The molecule has 0 saturated heterocycles. The molecule has 0 saturated carbocycles. The maximum Gasteiger partial charge on any atom is 0.122 e. The number of nitrogens with one attached hydrogen (secondary N) is 1. The van der Waals surface area contributed by atoms with E-state index in [2.05, 4.69) is 32.2 Å². The Morgan fingerprint density at radius 1 is 1.22 bits per heavy atom. The zero-order valence-corrected chi connectivity index (χ0v) is 11.6. The van der Waals surface area contributed by atoms with E-state index in [9.17, 15) is 0 Å². The lowest BCUT2D eigenvalue weighted by atomic mass is 10.1. The molecule has 0 amide bonds. The normalized spacial score (nSPS) is 14.2. The molecule has 0 aromatic heterocycles. The van der Waals surface area contributed by atoms with Crippen molar-refractivity contribution in [3.8, 4) is 5.75 Å². The van der Waals surface area contributed by atoms with Crippen molar-refractivity contribution in [3.05, 3.63) is 29.8 Å². The molecule has 0 aliphatic heterocycles. The fourth-order valence-electron chi connectivity index (χ4n) is 1.86. The molecule has 0 heterocycles. The molecule has 0 bridgehead atoms. The molecule has 0 aliphatic carbocycles. The third-order valence-corrected chi connectivity index (χ3v) is 3.03. The molecule has 1 rings (SSSR count). The smallest absolute Gasteiger partial charge is 0.122 e. The van der Waals surface area contributed by atoms with Crippen LogP contribution in [0.4, 0.5) is 0 Å². The molecule has 2 atom stereocenters. The summed E-state index contributed by atoms with van der Waals surface area (Å²) in [7, 11) is 0. The maximum absolute atomic E-state index is 8.73. The average Bonchev–Trinajstić information content (AvgIpc) is 2.36. The average molecular weight is 251 g/mol. The summed E-state index contributed by atoms with van der Waals surface area (Å²) in [6, 6.07) is 8.51. The molecule has 3 heteroatoms. The first kappa shape index (κ1) is 15.0. The highest BCUT2D eigenvalue weighted by Crippen LogP contribution is 2.19. The molecule has 1 aromatic carbocycles. The lowest BCUT2D eigenvalue weighted by Crippen LogP contribution is -2.30. The zero-order valence-electron chi connectivity index (χ0n) is 11.6. The number of hydrogen-bond donors (Lipinski definition) is 2. The number of rotatable bonds is 8. The summed E-state index contributed by atoms with van der Waals surface area (Å²) in [6.45, 7) is 7.16. The Morgan fingerprint density at radius 3 is 2.61 bits per heavy atom. The van der Waals surface area contributed by atoms with Gasteiger partial charge in [0.05, 0.1) is 12.7 Å². The molecular formula is C15H25NO2. The topological polar surface area (TPSA) is 41.5 Å². The number of ether oxygens (including phenoxy) is 1. The molecule has 3 nitrogen and oxygen atoms in total. The fourth-order valence-corrected chi connectivity index (χ4v) is 1.86. The van der Waals surface area contributed by atoms with E-state index in [-0.39, 0.29) is 12.7 Å². The summed E-state index contributed by atoms with van der Waals surface area (Å²) in [4.78, 5) is 0. The molecule has 0 radical (unpaired) electrons. The number of para-hydroxylation sites is 1. The number of aliphatic hydroxyl groups is 1. The SMILES string of the molecule is Cc1ccccc1O[C@H](C)CC[C@@H](C)NCCO. The van der Waals surface area contributed by atoms with Crippen molar-refractivity contribution in [2.45, 2.75) is 45.8 Å². The third kappa shape index (κ3) is 5.52. The van der Waals surface area contributed by atoms with Crippen molar-refractivity contribution < 1.29 is 9.84 Å². The molecule has 0 aliphatic rings. The first-order chi connectivity index (χ1) is 8.63. The van der Waals surface area contributed by atoms with E-state index in [1.165, 1.54) is 5.56 Å². The van der Waals surface area contributed by atoms with Crippen LogP contribution in [0, 0.1) is 6.92 Å². The van der Waals surface area contributed by atoms with Gasteiger partial charge in [0.15, 0.2) is 0 Å². The van der Waals surface area contributed by atoms with Crippen molar-refractivity contribution in [2.75, 3.05) is 13.2 Å². The van der Waals surface area contributed by atoms with Crippen LogP contribution in [0.25, 0.3) is 0 Å². The van der Waals surface area contributed by atoms with Gasteiger partial charge in [-0.3, -0.25) is 0 Å². The number of aliphatic hydroxyl groups excluding tert-OH is 1. The van der Waals surface area contributed by atoms with Gasteiger partial charge in [-0.25, -0.2) is 0 Å². The molecule has 102 valence electrons. The van der Waals surface area contributed by atoms with Crippen LogP contribution in [-0.4, -0.2) is 30.4 Å². The Hall–Kier alpha value is -1.06. The van der Waals surface area contributed by atoms with Crippen LogP contribution in [0.3, 0.4) is 0 Å². The molecule has 0 spiro atoms. The zero-order chi connectivity index (χ0) is 13.4. The van der Waals surface area contributed by atoms with Gasteiger partial charge in [-0.15, -0.1) is 0 Å². The largest absolute Gasteiger partial charge is 0.490 e. The summed E-state index contributed by atoms with van der Waals surface area (Å²) < 4.78 is 5.92. The standard InChI is InChI=1S/C15H25NO2/c1-12-6-4-5-7-15(12)18-14(3)9-8-13(2)16-10-11-17/h4-7,13-14,16-17H,8-11H2,1-3H3/t13-,14-/m1/s1. The van der Waals surface area contributed by atoms with Crippen LogP contribution in [-0.2, 0) is 0 Å². The minimum absolute atomic E-state index is 0.194. The van der Waals surface area contributed by atoms with E-state index in [0.717, 1.165) is 18.6 Å². The Balaban J connectivity index is 2.29. The van der Waals surface area contributed by atoms with Gasteiger partial charge in [-0.1, -0.05) is 18.2 Å². The maximum atomic E-state index is 8.73. The van der Waals surface area contributed by atoms with Crippen molar-refractivity contribution in [3.63, 3.8) is 0 Å². The highest BCUT2D eigenvalue weighted by Gasteiger charge is 2.08. The Kier molecular flexibility index (Phi) is 6.76. The Bertz CT molecular complexity index is 341. The van der Waals surface area contributed by atoms with Crippen molar-refractivity contribution >= 4 is 0 Å². The van der Waals surface area contributed by atoms with E-state index in [4.69, 9.17) is 9.84 Å². The predicted octanol–water partition coefficient (Wildman–Crippen LogP) is 2.51. The molecule has 0 fully saturated rings. The Labute approximate surface area is 110 Å². The predicted molar refractivity (Wildman–Crippen MR) is 75.1 cm³/mol. The monoisotopic (exact) mass is 251 g/mol. The van der Waals surface area contributed by atoms with E-state index in [0.29, 0.717) is 12.6 Å². The van der Waals surface area contributed by atoms with Gasteiger partial charge in [-0.05, 0) is 45.2 Å². The minimum atomic E-state index is 0.194. The highest BCUT2D eigenvalue weighted by molar-refractivity contribution is 5.31. The van der Waals surface area contributed by atoms with Crippen LogP contribution in [0.15, 0.2) is 24.3 Å². The summed E-state index contributed by atoms with van der Waals surface area (Å²) >= 11 is 0. The quantitative estimate of drug-likeness (QED) is 0.746. The van der Waals surface area contributed by atoms with Gasteiger partial charge in [0, 0.05) is 12.6 Å². The van der Waals surface area contributed by atoms with Gasteiger partial charge in [0.25, 0.3) is 0 Å². The lowest BCUT2D eigenvalue weighted by Gasteiger charge is -2.19. The molecular weight excluding hydrogens is 226 g/mol. The molecule has 2 N–H and O–H groups in total. The van der Waals surface area contributed by atoms with Gasteiger partial charge < -0.3 is 15.2 Å². The minimum Gasteiger partial charge on any atom is -0.490 e. The first-order valence-corrected chi connectivity index (χ1v) is 6.70. The van der Waals surface area contributed by atoms with Gasteiger partial charge in [0.1, 0.15) is 5.75 Å². The van der Waals surface area contributed by atoms with E-state index in [1.54, 1.807) is 0 Å². The lowest BCUT2D eigenvalue weighted by molar-refractivity contribution is 0.200. The van der Waals surface area contributed by atoms with Crippen LogP contribution >= 0.6 is 0 Å². The van der Waals surface area contributed by atoms with Crippen molar-refractivity contribution in [1.29, 1.82) is 0 Å². The summed E-state index contributed by atoms with van der Waals surface area (Å²) in [6.07, 6.45) is 2.27. The van der Waals surface area contributed by atoms with Gasteiger partial charge in [-0.2, -0.15) is 0 Å². The van der Waals surface area contributed by atoms with Crippen molar-refractivity contribution in [2.24, 2.45) is 0 Å². The first-order valence-electron chi connectivity index (χ1n) is 6.70. The Morgan fingerprint density at radius 2 is 1.94 bits per heavy atom. The van der Waals surface area contributed by atoms with E-state index in [1.807, 2.05) is 18.2 Å². The van der Waals surface area contributed by atoms with Crippen molar-refractivity contribution in [1.82, 2.24) is 5.32 Å². The summed E-state index contributed by atoms with van der Waals surface area (Å²) in [5.41, 5.74) is 1.18. The number of hydrogen-bond acceptors (Lipinski definition) is 3. The summed E-state index contributed by atoms with van der Waals surface area (Å²) in [5.74, 6) is 0.973. The molecule has 18 heavy (non-hydrogen) atoms. The van der Waals surface area contributed by atoms with E-state index >= 15 is 0 Å². The van der Waals surface area contributed by atoms with E-state index < -0.39 is 0 Å². The number of aryl methyl sites for hydroxylation is 1. The number of benzene rings is 1. The molecule has 0 unspecified atom stereocenters. The fraction of sp³-hybridized carbons (Fsp3) is 0.600. The van der Waals surface area contributed by atoms with Crippen LogP contribution in [0.1, 0.15) is 32.3 Å². The third-order valence-electron chi connectivity index (χ3n) is 3.03. The second-order valence-corrected chi connectivity index (χ2v) is 4.85. The van der Waals surface area contributed by atoms with Crippen LogP contribution < -0.4 is 10.1 Å². The van der Waals surface area contributed by atoms with Crippen LogP contribution in [0.2, 0.25) is 0 Å². The van der Waals surface area contributed by atoms with Gasteiger partial charge >= 0.3 is 0 Å². The van der Waals surface area contributed by atoms with Crippen LogP contribution in [0.5, 0.6) is 5.75 Å². The summed E-state index contributed by atoms with van der Waals surface area (Å²) in [5, 5.41) is 12.0. The second kappa shape index (κ2) is 8.11. The van der Waals surface area contributed by atoms with Gasteiger partial charge in [0.2, 0.25) is 0 Å². The molecule has 1 aromatic rings.